The molecule has 3 aliphatic rings. The van der Waals surface area contributed by atoms with Crippen LogP contribution in [0, 0.1) is 0 Å². The second-order valence-corrected chi connectivity index (χ2v) is 7.50. The molecule has 3 rings (SSSR count). The molecule has 0 bridgehead atoms. The quantitative estimate of drug-likeness (QED) is 0.756. The Bertz CT molecular complexity index is 525. The lowest BCUT2D eigenvalue weighted by Gasteiger charge is -2.38. The van der Waals surface area contributed by atoms with Crippen LogP contribution >= 0.6 is 0 Å². The van der Waals surface area contributed by atoms with Crippen LogP contribution in [0.3, 0.4) is 0 Å². The first-order valence-corrected chi connectivity index (χ1v) is 9.89. The van der Waals surface area contributed by atoms with Gasteiger partial charge in [-0.25, -0.2) is 4.79 Å². The van der Waals surface area contributed by atoms with Crippen molar-refractivity contribution < 1.29 is 14.4 Å². The minimum absolute atomic E-state index is 0.130. The topological polar surface area (TPSA) is 76.2 Å². The Labute approximate surface area is 155 Å². The molecule has 0 saturated carbocycles. The summed E-state index contributed by atoms with van der Waals surface area (Å²) in [5.41, 5.74) is 0. The number of nitrogens with one attached hydrogen (secondary N) is 1. The van der Waals surface area contributed by atoms with Crippen LogP contribution in [0.25, 0.3) is 0 Å². The number of piperazine rings is 1. The van der Waals surface area contributed by atoms with E-state index in [-0.39, 0.29) is 23.9 Å². The molecule has 26 heavy (non-hydrogen) atoms. The Balaban J connectivity index is 1.44. The van der Waals surface area contributed by atoms with Gasteiger partial charge in [0, 0.05) is 52.4 Å². The lowest BCUT2D eigenvalue weighted by molar-refractivity contribution is -0.136. The number of carbonyl (C=O) groups excluding carboxylic acids is 3. The molecular weight excluding hydrogens is 334 g/mol. The summed E-state index contributed by atoms with van der Waals surface area (Å²) in [6.45, 7) is 8.16. The normalized spacial score (nSPS) is 24.3. The van der Waals surface area contributed by atoms with Gasteiger partial charge in [-0.2, -0.15) is 0 Å². The zero-order chi connectivity index (χ0) is 18.5. The van der Waals surface area contributed by atoms with Crippen LogP contribution < -0.4 is 5.32 Å². The first-order valence-electron chi connectivity index (χ1n) is 9.89. The zero-order valence-electron chi connectivity index (χ0n) is 15.8. The fourth-order valence-electron chi connectivity index (χ4n) is 3.98. The summed E-state index contributed by atoms with van der Waals surface area (Å²) in [6.07, 6.45) is 4.68. The first kappa shape index (κ1) is 19.1. The van der Waals surface area contributed by atoms with E-state index < -0.39 is 0 Å². The number of hydrogen-bond acceptors (Lipinski definition) is 5. The van der Waals surface area contributed by atoms with Gasteiger partial charge in [0.15, 0.2) is 0 Å². The van der Waals surface area contributed by atoms with Gasteiger partial charge in [0.1, 0.15) is 0 Å². The molecule has 0 unspecified atom stereocenters. The van der Waals surface area contributed by atoms with Crippen LogP contribution in [0.5, 0.6) is 0 Å². The van der Waals surface area contributed by atoms with Gasteiger partial charge < -0.3 is 10.2 Å². The highest BCUT2D eigenvalue weighted by Gasteiger charge is 2.34. The van der Waals surface area contributed by atoms with E-state index in [9.17, 15) is 14.4 Å². The second-order valence-electron chi connectivity index (χ2n) is 7.50. The van der Waals surface area contributed by atoms with Gasteiger partial charge in [-0.05, 0) is 19.8 Å². The maximum Gasteiger partial charge on any atom is 0.324 e. The number of likely N-dealkylation sites (tertiary alicyclic amines) is 1. The molecular formula is C18H31N5O3. The van der Waals surface area contributed by atoms with Crippen molar-refractivity contribution in [3.63, 3.8) is 0 Å². The van der Waals surface area contributed by atoms with Crippen LogP contribution in [-0.2, 0) is 9.59 Å². The standard InChI is InChI=1S/C18H31N5O3/c1-15(17(25)23-9-6-19-18(23)26)21-12-10-20(11-13-21)14-16(24)22-7-4-2-3-5-8-22/h15H,2-14H2,1H3,(H,19,26)/t15-/m1/s1. The fourth-order valence-corrected chi connectivity index (χ4v) is 3.98. The minimum Gasteiger partial charge on any atom is -0.342 e. The molecule has 1 N–H and O–H groups in total. The predicted molar refractivity (Wildman–Crippen MR) is 97.6 cm³/mol. The smallest absolute Gasteiger partial charge is 0.324 e. The molecule has 3 heterocycles. The number of carbonyl (C=O) groups is 3. The monoisotopic (exact) mass is 365 g/mol. The summed E-state index contributed by atoms with van der Waals surface area (Å²) >= 11 is 0. The second kappa shape index (κ2) is 8.81. The summed E-state index contributed by atoms with van der Waals surface area (Å²) in [5, 5.41) is 2.67. The van der Waals surface area contributed by atoms with Crippen molar-refractivity contribution in [3.05, 3.63) is 0 Å². The third-order valence-corrected chi connectivity index (χ3v) is 5.75. The molecule has 0 aromatic rings. The molecule has 0 spiro atoms. The van der Waals surface area contributed by atoms with Crippen molar-refractivity contribution in [2.24, 2.45) is 0 Å². The van der Waals surface area contributed by atoms with E-state index in [1.54, 1.807) is 0 Å². The maximum atomic E-state index is 12.5. The third-order valence-electron chi connectivity index (χ3n) is 5.75. The molecule has 1 atom stereocenters. The van der Waals surface area contributed by atoms with Crippen molar-refractivity contribution >= 4 is 17.8 Å². The average molecular weight is 365 g/mol. The third kappa shape index (κ3) is 4.54. The van der Waals surface area contributed by atoms with Crippen LogP contribution in [-0.4, -0.2) is 102 Å². The number of hydrogen-bond donors (Lipinski definition) is 1. The molecule has 3 saturated heterocycles. The molecule has 3 fully saturated rings. The minimum atomic E-state index is -0.303. The van der Waals surface area contributed by atoms with E-state index in [0.29, 0.717) is 19.6 Å². The van der Waals surface area contributed by atoms with Gasteiger partial charge in [0.25, 0.3) is 0 Å². The van der Waals surface area contributed by atoms with Crippen LogP contribution in [0.2, 0.25) is 0 Å². The Morgan fingerprint density at radius 3 is 2.19 bits per heavy atom. The summed E-state index contributed by atoms with van der Waals surface area (Å²) in [7, 11) is 0. The molecule has 8 heteroatoms. The predicted octanol–water partition coefficient (Wildman–Crippen LogP) is -0.0531. The lowest BCUT2D eigenvalue weighted by Crippen LogP contribution is -2.56. The lowest BCUT2D eigenvalue weighted by atomic mass is 10.2. The van der Waals surface area contributed by atoms with E-state index in [1.807, 2.05) is 11.8 Å². The maximum absolute atomic E-state index is 12.5. The fraction of sp³-hybridized carbons (Fsp3) is 0.833. The van der Waals surface area contributed by atoms with E-state index in [4.69, 9.17) is 0 Å². The Hall–Kier alpha value is -1.67. The van der Waals surface area contributed by atoms with E-state index in [2.05, 4.69) is 15.1 Å². The summed E-state index contributed by atoms with van der Waals surface area (Å²) in [6, 6.07) is -0.592. The van der Waals surface area contributed by atoms with Gasteiger partial charge in [-0.3, -0.25) is 24.3 Å². The summed E-state index contributed by atoms with van der Waals surface area (Å²) < 4.78 is 0. The molecule has 4 amide bonds. The van der Waals surface area contributed by atoms with Gasteiger partial charge in [0.05, 0.1) is 12.6 Å². The van der Waals surface area contributed by atoms with Crippen molar-refractivity contribution in [1.29, 1.82) is 0 Å². The van der Waals surface area contributed by atoms with E-state index in [1.165, 1.54) is 17.7 Å². The molecule has 0 aliphatic carbocycles. The van der Waals surface area contributed by atoms with Crippen LogP contribution in [0.1, 0.15) is 32.6 Å². The van der Waals surface area contributed by atoms with Gasteiger partial charge >= 0.3 is 6.03 Å². The number of imide groups is 1. The Kier molecular flexibility index (Phi) is 6.48. The Morgan fingerprint density at radius 1 is 0.962 bits per heavy atom. The SMILES string of the molecule is C[C@H](C(=O)N1CCNC1=O)N1CCN(CC(=O)N2CCCCCC2)CC1. The molecule has 0 aromatic heterocycles. The van der Waals surface area contributed by atoms with Crippen molar-refractivity contribution in [2.45, 2.75) is 38.6 Å². The highest BCUT2D eigenvalue weighted by Crippen LogP contribution is 2.13. The molecule has 146 valence electrons. The van der Waals surface area contributed by atoms with Gasteiger partial charge in [-0.15, -0.1) is 0 Å². The average Bonchev–Trinajstić information content (AvgIpc) is 2.90. The molecule has 8 nitrogen and oxygen atoms in total. The zero-order valence-corrected chi connectivity index (χ0v) is 15.8. The van der Waals surface area contributed by atoms with Gasteiger partial charge in [-0.1, -0.05) is 12.8 Å². The van der Waals surface area contributed by atoms with Crippen molar-refractivity contribution in [1.82, 2.24) is 24.9 Å². The van der Waals surface area contributed by atoms with Crippen molar-refractivity contribution in [2.75, 3.05) is 58.9 Å². The summed E-state index contributed by atoms with van der Waals surface area (Å²) in [4.78, 5) is 44.3. The highest BCUT2D eigenvalue weighted by atomic mass is 16.2. The summed E-state index contributed by atoms with van der Waals surface area (Å²) in [5.74, 6) is 0.104. The Morgan fingerprint density at radius 2 is 1.62 bits per heavy atom. The number of nitrogens with zero attached hydrogens (tertiary/aromatic N) is 4. The molecule has 3 aliphatic heterocycles. The van der Waals surface area contributed by atoms with Crippen molar-refractivity contribution in [3.8, 4) is 0 Å². The number of amides is 4. The van der Waals surface area contributed by atoms with Gasteiger partial charge in [0.2, 0.25) is 11.8 Å². The van der Waals surface area contributed by atoms with Crippen LogP contribution in [0.15, 0.2) is 0 Å². The molecule has 0 radical (unpaired) electrons. The molecule has 0 aromatic carbocycles. The van der Waals surface area contributed by atoms with Crippen LogP contribution in [0.4, 0.5) is 4.79 Å². The first-order chi connectivity index (χ1) is 12.6. The van der Waals surface area contributed by atoms with E-state index >= 15 is 0 Å². The number of urea groups is 1. The number of rotatable bonds is 4. The van der Waals surface area contributed by atoms with E-state index in [0.717, 1.165) is 52.1 Å². The largest absolute Gasteiger partial charge is 0.342 e. The highest BCUT2D eigenvalue weighted by molar-refractivity contribution is 5.98.